The van der Waals surface area contributed by atoms with E-state index in [1.54, 1.807) is 0 Å². The molecule has 0 fully saturated rings. The maximum atomic E-state index is 11.3. The Bertz CT molecular complexity index is 542. The fourth-order valence-corrected chi connectivity index (χ4v) is 3.57. The summed E-state index contributed by atoms with van der Waals surface area (Å²) in [5, 5.41) is 21.7. The monoisotopic (exact) mass is 454 g/mol. The third-order valence-electron chi connectivity index (χ3n) is 4.44. The van der Waals surface area contributed by atoms with Crippen LogP contribution in [0.15, 0.2) is 0 Å². The Morgan fingerprint density at radius 3 is 1.52 bits per heavy atom. The molecule has 0 aromatic rings. The molecule has 0 amide bonds. The van der Waals surface area contributed by atoms with E-state index in [0.29, 0.717) is 12.8 Å². The van der Waals surface area contributed by atoms with E-state index in [4.69, 9.17) is 9.29 Å². The number of hydrogen-bond donors (Lipinski definition) is 1. The van der Waals surface area contributed by atoms with Crippen LogP contribution in [0.3, 0.4) is 0 Å². The van der Waals surface area contributed by atoms with Crippen molar-refractivity contribution < 1.29 is 96.6 Å². The fourth-order valence-electron chi connectivity index (χ4n) is 2.82. The van der Waals surface area contributed by atoms with E-state index in [-0.39, 0.29) is 65.7 Å². The van der Waals surface area contributed by atoms with E-state index in [1.807, 2.05) is 0 Å². The van der Waals surface area contributed by atoms with Gasteiger partial charge < -0.3 is 24.5 Å². The van der Waals surface area contributed by atoms with Gasteiger partial charge >= 0.3 is 69.2 Å². The number of carbonyl (C=O) groups is 2. The molecule has 0 aliphatic rings. The molecule has 0 heterocycles. The predicted molar refractivity (Wildman–Crippen MR) is 95.9 cm³/mol. The van der Waals surface area contributed by atoms with E-state index >= 15 is 0 Å². The zero-order chi connectivity index (χ0) is 20.8. The fraction of sp³-hybridized carbons (Fsp3) is 0.889. The van der Waals surface area contributed by atoms with Gasteiger partial charge in [-0.3, -0.25) is 4.55 Å². The molecule has 0 aliphatic carbocycles. The van der Waals surface area contributed by atoms with Gasteiger partial charge in [0.25, 0.3) is 0 Å². The largest absolute Gasteiger partial charge is 1.00 e. The van der Waals surface area contributed by atoms with Gasteiger partial charge in [0.1, 0.15) is 0 Å². The van der Waals surface area contributed by atoms with Gasteiger partial charge in [-0.05, 0) is 6.42 Å². The molecule has 0 rings (SSSR count). The third-order valence-corrected chi connectivity index (χ3v) is 5.70. The van der Waals surface area contributed by atoms with Gasteiger partial charge in [0.15, 0.2) is 0 Å². The molecule has 0 aromatic heterocycles. The van der Waals surface area contributed by atoms with E-state index in [2.05, 4.69) is 6.92 Å². The molecule has 29 heavy (non-hydrogen) atoms. The number of ether oxygens (including phenoxy) is 1. The van der Waals surface area contributed by atoms with Crippen LogP contribution in [0.5, 0.6) is 0 Å². The molecular weight excluding hydrogens is 422 g/mol. The molecule has 0 radical (unpaired) electrons. The van der Waals surface area contributed by atoms with Gasteiger partial charge in [-0.2, -0.15) is 8.42 Å². The Hall–Kier alpha value is 0.810. The second-order valence-electron chi connectivity index (χ2n) is 6.80. The number of aliphatic carboxylic acids is 2. The second kappa shape index (κ2) is 19.5. The summed E-state index contributed by atoms with van der Waals surface area (Å²) < 4.78 is 36.4. The van der Waals surface area contributed by atoms with Crippen molar-refractivity contribution in [1.29, 1.82) is 0 Å². The van der Waals surface area contributed by atoms with Crippen LogP contribution < -0.4 is 69.3 Å². The number of hydrogen-bond acceptors (Lipinski definition) is 7. The molecule has 0 aliphatic heterocycles. The molecule has 0 saturated carbocycles. The summed E-state index contributed by atoms with van der Waals surface area (Å²) in [6.45, 7) is 1.87. The van der Waals surface area contributed by atoms with Crippen LogP contribution >= 0.6 is 0 Å². The summed E-state index contributed by atoms with van der Waals surface area (Å²) in [6.07, 6.45) is 11.2. The first-order valence-electron chi connectivity index (χ1n) is 9.69. The van der Waals surface area contributed by atoms with Crippen LogP contribution in [0.1, 0.15) is 90.4 Å². The summed E-state index contributed by atoms with van der Waals surface area (Å²) in [4.78, 5) is 18.4. The van der Waals surface area contributed by atoms with Crippen LogP contribution in [-0.2, 0) is 24.4 Å². The van der Waals surface area contributed by atoms with E-state index < -0.39 is 33.4 Å². The first-order valence-corrected chi connectivity index (χ1v) is 11.1. The molecule has 1 N–H and O–H groups in total. The molecule has 0 saturated heterocycles. The first kappa shape index (κ1) is 34.4. The van der Waals surface area contributed by atoms with Crippen molar-refractivity contribution in [1.82, 2.24) is 0 Å². The third kappa shape index (κ3) is 15.3. The minimum absolute atomic E-state index is 0. The number of carboxylic acids is 2. The summed E-state index contributed by atoms with van der Waals surface area (Å²) in [5.41, 5.74) is 0. The number of rotatable bonds is 18. The average molecular weight is 454 g/mol. The number of unbranched alkanes of at least 4 members (excludes halogenated alkanes) is 11. The molecule has 11 heteroatoms. The Morgan fingerprint density at radius 1 is 0.828 bits per heavy atom. The van der Waals surface area contributed by atoms with Crippen LogP contribution in [0.4, 0.5) is 0 Å². The molecule has 0 bridgehead atoms. The molecule has 1 unspecified atom stereocenters. The van der Waals surface area contributed by atoms with Crippen molar-refractivity contribution in [3.8, 4) is 0 Å². The quantitative estimate of drug-likeness (QED) is 0.123. The standard InChI is InChI=1S/C18H34O8S.2Na/c1-2-3-4-5-6-7-8-9-10-11-12-13-14-26-18(17(21)22,15-16(19)20)27(23,24)25;;/h2-15H2,1H3,(H,19,20)(H,21,22)(H,23,24,25);;/q;2*+1/p-2. The minimum atomic E-state index is -5.34. The van der Waals surface area contributed by atoms with Gasteiger partial charge in [-0.1, -0.05) is 77.6 Å². The molecule has 0 aromatic carbocycles. The number of carboxylic acid groups (broad SMARTS) is 2. The van der Waals surface area contributed by atoms with E-state index in [9.17, 15) is 28.2 Å². The normalized spacial score (nSPS) is 13.0. The summed E-state index contributed by atoms with van der Waals surface area (Å²) in [7, 11) is -5.34. The van der Waals surface area contributed by atoms with Crippen LogP contribution in [0.25, 0.3) is 0 Å². The molecule has 0 spiro atoms. The second-order valence-corrected chi connectivity index (χ2v) is 8.41. The Morgan fingerprint density at radius 2 is 1.21 bits per heavy atom. The SMILES string of the molecule is CCCCCCCCCCCCCCOC(CC(=O)[O-])(C(=O)[O-])S(=O)(=O)O.[Na+].[Na+]. The average Bonchev–Trinajstić information content (AvgIpc) is 2.56. The van der Waals surface area contributed by atoms with Gasteiger partial charge in [-0.15, -0.1) is 0 Å². The van der Waals surface area contributed by atoms with Crippen LogP contribution in [0, 0.1) is 0 Å². The Balaban J connectivity index is -0.00000338. The van der Waals surface area contributed by atoms with Crippen molar-refractivity contribution in [3.05, 3.63) is 0 Å². The zero-order valence-electron chi connectivity index (χ0n) is 18.1. The summed E-state index contributed by atoms with van der Waals surface area (Å²) in [5.74, 6) is -4.31. The maximum absolute atomic E-state index is 11.3. The molecule has 160 valence electrons. The van der Waals surface area contributed by atoms with Crippen LogP contribution in [0.2, 0.25) is 0 Å². The van der Waals surface area contributed by atoms with E-state index in [0.717, 1.165) is 19.3 Å². The molecule has 1 atom stereocenters. The van der Waals surface area contributed by atoms with E-state index in [1.165, 1.54) is 44.9 Å². The summed E-state index contributed by atoms with van der Waals surface area (Å²) in [6, 6.07) is 0. The van der Waals surface area contributed by atoms with Gasteiger partial charge in [-0.25, -0.2) is 0 Å². The zero-order valence-corrected chi connectivity index (χ0v) is 22.9. The maximum Gasteiger partial charge on any atom is 1.00 e. The smallest absolute Gasteiger partial charge is 0.550 e. The van der Waals surface area contributed by atoms with Crippen LogP contribution in [-0.4, -0.2) is 36.4 Å². The Kier molecular flexibility index (Phi) is 23.1. The van der Waals surface area contributed by atoms with Crippen molar-refractivity contribution in [3.63, 3.8) is 0 Å². The van der Waals surface area contributed by atoms with Gasteiger partial charge in [0, 0.05) is 19.0 Å². The molecule has 8 nitrogen and oxygen atoms in total. The summed E-state index contributed by atoms with van der Waals surface area (Å²) >= 11 is 0. The van der Waals surface area contributed by atoms with Gasteiger partial charge in [0.2, 0.25) is 4.93 Å². The Labute approximate surface area is 218 Å². The predicted octanol–water partition coefficient (Wildman–Crippen LogP) is -4.81. The minimum Gasteiger partial charge on any atom is -0.550 e. The van der Waals surface area contributed by atoms with Crippen molar-refractivity contribution >= 4 is 22.1 Å². The van der Waals surface area contributed by atoms with Gasteiger partial charge in [0.05, 0.1) is 5.97 Å². The first-order chi connectivity index (χ1) is 12.7. The molecular formula is C18H32Na2O8S. The van der Waals surface area contributed by atoms with Crippen molar-refractivity contribution in [2.24, 2.45) is 0 Å². The number of carbonyl (C=O) groups excluding carboxylic acids is 2. The topological polar surface area (TPSA) is 144 Å². The van der Waals surface area contributed by atoms with Crippen molar-refractivity contribution in [2.45, 2.75) is 95.3 Å². The van der Waals surface area contributed by atoms with Crippen molar-refractivity contribution in [2.75, 3.05) is 6.61 Å².